The van der Waals surface area contributed by atoms with E-state index in [-0.39, 0.29) is 0 Å². The number of nitrogens with zero attached hydrogens (tertiary/aromatic N) is 2. The Balaban J connectivity index is 1.66. The minimum Gasteiger partial charge on any atom is -0.398 e. The van der Waals surface area contributed by atoms with Crippen LogP contribution in [0.15, 0.2) is 18.2 Å². The van der Waals surface area contributed by atoms with E-state index in [1.54, 1.807) is 0 Å². The molecule has 2 heterocycles. The number of hydrogen-bond donors (Lipinski definition) is 1. The number of piperidine rings is 1. The molecule has 1 aromatic rings. The van der Waals surface area contributed by atoms with Crippen molar-refractivity contribution in [1.29, 1.82) is 0 Å². The van der Waals surface area contributed by atoms with Crippen LogP contribution in [-0.2, 0) is 6.42 Å². The van der Waals surface area contributed by atoms with Crippen LogP contribution in [0.1, 0.15) is 37.7 Å². The summed E-state index contributed by atoms with van der Waals surface area (Å²) in [6.45, 7) is 3.63. The summed E-state index contributed by atoms with van der Waals surface area (Å²) in [7, 11) is 2.28. The van der Waals surface area contributed by atoms with Gasteiger partial charge in [-0.2, -0.15) is 0 Å². The highest BCUT2D eigenvalue weighted by atomic mass is 15.2. The quantitative estimate of drug-likeness (QED) is 0.860. The molecule has 0 aromatic heterocycles. The van der Waals surface area contributed by atoms with Crippen molar-refractivity contribution in [1.82, 2.24) is 4.90 Å². The lowest BCUT2D eigenvalue weighted by Gasteiger charge is -2.36. The maximum absolute atomic E-state index is 6.13. The molecule has 0 spiro atoms. The molecular formula is C17H27N3. The minimum atomic E-state index is 0.773. The standard InChI is InChI=1S/C17H27N3/c1-19-11-3-2-6-14(19)10-13-20-12-5-7-15-16(18)8-4-9-17(15)20/h4,8-9,14H,2-3,5-7,10-13,18H2,1H3. The molecule has 1 fully saturated rings. The summed E-state index contributed by atoms with van der Waals surface area (Å²) in [6, 6.07) is 7.15. The zero-order chi connectivity index (χ0) is 13.9. The van der Waals surface area contributed by atoms with Crippen LogP contribution in [0.3, 0.4) is 0 Å². The average molecular weight is 273 g/mol. The molecular weight excluding hydrogens is 246 g/mol. The molecule has 0 saturated carbocycles. The molecule has 0 amide bonds. The number of hydrogen-bond acceptors (Lipinski definition) is 3. The van der Waals surface area contributed by atoms with Gasteiger partial charge in [0.2, 0.25) is 0 Å². The number of likely N-dealkylation sites (tertiary alicyclic amines) is 1. The summed E-state index contributed by atoms with van der Waals surface area (Å²) in [5.41, 5.74) is 9.86. The summed E-state index contributed by atoms with van der Waals surface area (Å²) in [6.07, 6.45) is 7.80. The lowest BCUT2D eigenvalue weighted by atomic mass is 9.97. The molecule has 0 radical (unpaired) electrons. The first kappa shape index (κ1) is 13.7. The van der Waals surface area contributed by atoms with Crippen molar-refractivity contribution in [3.8, 4) is 0 Å². The Kier molecular flexibility index (Phi) is 4.16. The van der Waals surface area contributed by atoms with E-state index in [0.717, 1.165) is 18.2 Å². The van der Waals surface area contributed by atoms with Crippen LogP contribution in [-0.4, -0.2) is 37.6 Å². The monoisotopic (exact) mass is 273 g/mol. The minimum absolute atomic E-state index is 0.773. The Hall–Kier alpha value is -1.22. The van der Waals surface area contributed by atoms with Crippen LogP contribution in [0, 0.1) is 0 Å². The number of benzene rings is 1. The normalized spacial score (nSPS) is 23.6. The molecule has 1 saturated heterocycles. The smallest absolute Gasteiger partial charge is 0.0419 e. The molecule has 0 bridgehead atoms. The second kappa shape index (κ2) is 6.04. The molecule has 2 aliphatic heterocycles. The molecule has 0 aliphatic carbocycles. The van der Waals surface area contributed by atoms with Gasteiger partial charge in [0.05, 0.1) is 0 Å². The topological polar surface area (TPSA) is 32.5 Å². The Morgan fingerprint density at radius 2 is 2.10 bits per heavy atom. The van der Waals surface area contributed by atoms with Crippen molar-refractivity contribution in [3.63, 3.8) is 0 Å². The molecule has 2 aliphatic rings. The van der Waals surface area contributed by atoms with E-state index >= 15 is 0 Å². The molecule has 20 heavy (non-hydrogen) atoms. The van der Waals surface area contributed by atoms with Gasteiger partial charge in [-0.1, -0.05) is 12.5 Å². The third-order valence-corrected chi connectivity index (χ3v) is 5.04. The van der Waals surface area contributed by atoms with Crippen molar-refractivity contribution in [2.75, 3.05) is 37.3 Å². The Bertz CT molecular complexity index is 458. The second-order valence-electron chi connectivity index (χ2n) is 6.35. The molecule has 110 valence electrons. The van der Waals surface area contributed by atoms with E-state index in [1.807, 2.05) is 6.07 Å². The predicted octanol–water partition coefficient (Wildman–Crippen LogP) is 2.90. The molecule has 1 atom stereocenters. The lowest BCUT2D eigenvalue weighted by molar-refractivity contribution is 0.177. The number of nitrogens with two attached hydrogens (primary N) is 1. The van der Waals surface area contributed by atoms with Crippen molar-refractivity contribution in [3.05, 3.63) is 23.8 Å². The second-order valence-corrected chi connectivity index (χ2v) is 6.35. The molecule has 3 heteroatoms. The zero-order valence-electron chi connectivity index (χ0n) is 12.6. The first-order chi connectivity index (χ1) is 9.75. The van der Waals surface area contributed by atoms with E-state index in [2.05, 4.69) is 29.0 Å². The average Bonchev–Trinajstić information content (AvgIpc) is 2.47. The van der Waals surface area contributed by atoms with Gasteiger partial charge < -0.3 is 15.5 Å². The number of rotatable bonds is 3. The van der Waals surface area contributed by atoms with Crippen LogP contribution in [0.5, 0.6) is 0 Å². The van der Waals surface area contributed by atoms with Gasteiger partial charge in [-0.15, -0.1) is 0 Å². The van der Waals surface area contributed by atoms with E-state index in [9.17, 15) is 0 Å². The van der Waals surface area contributed by atoms with Gasteiger partial charge in [0.15, 0.2) is 0 Å². The summed E-state index contributed by atoms with van der Waals surface area (Å²) in [5, 5.41) is 0. The zero-order valence-corrected chi connectivity index (χ0v) is 12.6. The van der Waals surface area contributed by atoms with Crippen LogP contribution in [0.2, 0.25) is 0 Å². The van der Waals surface area contributed by atoms with Crippen molar-refractivity contribution >= 4 is 11.4 Å². The Morgan fingerprint density at radius 1 is 1.20 bits per heavy atom. The predicted molar refractivity (Wildman–Crippen MR) is 86.3 cm³/mol. The van der Waals surface area contributed by atoms with Gasteiger partial charge in [0.25, 0.3) is 0 Å². The van der Waals surface area contributed by atoms with Gasteiger partial charge in [0.1, 0.15) is 0 Å². The molecule has 3 nitrogen and oxygen atoms in total. The van der Waals surface area contributed by atoms with E-state index in [0.29, 0.717) is 0 Å². The largest absolute Gasteiger partial charge is 0.398 e. The number of fused-ring (bicyclic) bond motifs is 1. The highest BCUT2D eigenvalue weighted by Gasteiger charge is 2.22. The fraction of sp³-hybridized carbons (Fsp3) is 0.647. The van der Waals surface area contributed by atoms with Crippen LogP contribution < -0.4 is 10.6 Å². The van der Waals surface area contributed by atoms with Gasteiger partial charge in [-0.05, 0) is 63.4 Å². The Labute approximate surface area is 122 Å². The molecule has 1 aromatic carbocycles. The summed E-state index contributed by atoms with van der Waals surface area (Å²) >= 11 is 0. The SMILES string of the molecule is CN1CCCCC1CCN1CCCc2c(N)cccc21. The maximum atomic E-state index is 6.13. The Morgan fingerprint density at radius 3 is 2.95 bits per heavy atom. The highest BCUT2D eigenvalue weighted by molar-refractivity contribution is 5.66. The van der Waals surface area contributed by atoms with Crippen molar-refractivity contribution in [2.24, 2.45) is 0 Å². The van der Waals surface area contributed by atoms with Crippen molar-refractivity contribution in [2.45, 2.75) is 44.6 Å². The number of anilines is 2. The summed E-state index contributed by atoms with van der Waals surface area (Å²) in [5.74, 6) is 0. The van der Waals surface area contributed by atoms with Gasteiger partial charge in [-0.3, -0.25) is 0 Å². The molecule has 2 N–H and O–H groups in total. The fourth-order valence-corrected chi connectivity index (χ4v) is 3.77. The van der Waals surface area contributed by atoms with Crippen molar-refractivity contribution < 1.29 is 0 Å². The first-order valence-corrected chi connectivity index (χ1v) is 8.08. The molecule has 1 unspecified atom stereocenters. The third kappa shape index (κ3) is 2.78. The van der Waals surface area contributed by atoms with Crippen LogP contribution in [0.4, 0.5) is 11.4 Å². The lowest BCUT2D eigenvalue weighted by Crippen LogP contribution is -2.40. The van der Waals surface area contributed by atoms with E-state index < -0.39 is 0 Å². The third-order valence-electron chi connectivity index (χ3n) is 5.04. The summed E-state index contributed by atoms with van der Waals surface area (Å²) in [4.78, 5) is 5.10. The van der Waals surface area contributed by atoms with E-state index in [1.165, 1.54) is 63.0 Å². The first-order valence-electron chi connectivity index (χ1n) is 8.08. The maximum Gasteiger partial charge on any atom is 0.0419 e. The molecule has 3 rings (SSSR count). The van der Waals surface area contributed by atoms with Gasteiger partial charge >= 0.3 is 0 Å². The van der Waals surface area contributed by atoms with Gasteiger partial charge in [0, 0.05) is 30.5 Å². The highest BCUT2D eigenvalue weighted by Crippen LogP contribution is 2.31. The van der Waals surface area contributed by atoms with E-state index in [4.69, 9.17) is 5.73 Å². The van der Waals surface area contributed by atoms with Gasteiger partial charge in [-0.25, -0.2) is 0 Å². The van der Waals surface area contributed by atoms with Crippen LogP contribution in [0.25, 0.3) is 0 Å². The summed E-state index contributed by atoms with van der Waals surface area (Å²) < 4.78 is 0. The fourth-order valence-electron chi connectivity index (χ4n) is 3.77. The number of nitrogen functional groups attached to an aromatic ring is 1. The van der Waals surface area contributed by atoms with Crippen LogP contribution >= 0.6 is 0 Å².